The second-order valence-electron chi connectivity index (χ2n) is 6.21. The Kier molecular flexibility index (Phi) is 5.70. The Labute approximate surface area is 153 Å². The van der Waals surface area contributed by atoms with Crippen molar-refractivity contribution in [3.05, 3.63) is 64.7 Å². The van der Waals surface area contributed by atoms with E-state index in [0.29, 0.717) is 28.7 Å². The lowest BCUT2D eigenvalue weighted by Crippen LogP contribution is -2.27. The van der Waals surface area contributed by atoms with Gasteiger partial charge in [0.15, 0.2) is 0 Å². The van der Waals surface area contributed by atoms with Crippen LogP contribution in [0.1, 0.15) is 36.4 Å². The Morgan fingerprint density at radius 3 is 2.80 bits per heavy atom. The highest BCUT2D eigenvalue weighted by Crippen LogP contribution is 2.31. The molecule has 0 bridgehead atoms. The third-order valence-corrected chi connectivity index (χ3v) is 4.86. The van der Waals surface area contributed by atoms with Crippen LogP contribution in [0.25, 0.3) is 0 Å². The first kappa shape index (κ1) is 17.5. The van der Waals surface area contributed by atoms with E-state index in [-0.39, 0.29) is 5.91 Å². The van der Waals surface area contributed by atoms with E-state index in [4.69, 9.17) is 16.9 Å². The van der Waals surface area contributed by atoms with Crippen LogP contribution < -0.4 is 5.32 Å². The van der Waals surface area contributed by atoms with Crippen LogP contribution in [-0.2, 0) is 4.79 Å². The molecule has 0 aromatic heterocycles. The maximum absolute atomic E-state index is 12.2. The van der Waals surface area contributed by atoms with Crippen LogP contribution in [0.3, 0.4) is 0 Å². The Balaban J connectivity index is 1.55. The lowest BCUT2D eigenvalue weighted by atomic mass is 10.0. The van der Waals surface area contributed by atoms with Gasteiger partial charge in [0, 0.05) is 24.7 Å². The molecule has 3 rings (SSSR count). The number of hydrogen-bond donors (Lipinski definition) is 1. The number of amides is 1. The highest BCUT2D eigenvalue weighted by molar-refractivity contribution is 6.32. The van der Waals surface area contributed by atoms with Crippen molar-refractivity contribution < 1.29 is 4.79 Å². The topological polar surface area (TPSA) is 56.1 Å². The Morgan fingerprint density at radius 2 is 2.08 bits per heavy atom. The Bertz CT molecular complexity index is 785. The highest BCUT2D eigenvalue weighted by atomic mass is 35.5. The summed E-state index contributed by atoms with van der Waals surface area (Å²) in [5.41, 5.74) is 2.34. The summed E-state index contributed by atoms with van der Waals surface area (Å²) in [6.45, 7) is 1.75. The lowest BCUT2D eigenvalue weighted by Gasteiger charge is -2.24. The quantitative estimate of drug-likeness (QED) is 0.867. The molecule has 1 aliphatic rings. The number of nitrogens with one attached hydrogen (secondary N) is 1. The van der Waals surface area contributed by atoms with E-state index in [1.54, 1.807) is 18.2 Å². The minimum Gasteiger partial charge on any atom is -0.326 e. The van der Waals surface area contributed by atoms with E-state index in [0.717, 1.165) is 25.9 Å². The molecule has 1 atom stereocenters. The maximum Gasteiger partial charge on any atom is 0.225 e. The number of carbonyl (C=O) groups is 1. The zero-order valence-electron chi connectivity index (χ0n) is 13.9. The molecule has 1 unspecified atom stereocenters. The van der Waals surface area contributed by atoms with Crippen LogP contribution in [-0.4, -0.2) is 23.9 Å². The van der Waals surface area contributed by atoms with Crippen LogP contribution >= 0.6 is 11.6 Å². The summed E-state index contributed by atoms with van der Waals surface area (Å²) in [5.74, 6) is -0.0421. The van der Waals surface area contributed by atoms with E-state index in [1.807, 2.05) is 12.1 Å². The van der Waals surface area contributed by atoms with Gasteiger partial charge in [0.1, 0.15) is 6.07 Å². The van der Waals surface area contributed by atoms with E-state index in [2.05, 4.69) is 34.5 Å². The number of nitriles is 1. The van der Waals surface area contributed by atoms with Crippen LogP contribution in [0, 0.1) is 11.3 Å². The normalized spacial score (nSPS) is 17.2. The summed E-state index contributed by atoms with van der Waals surface area (Å²) in [6, 6.07) is 17.8. The number of halogens is 1. The molecule has 4 nitrogen and oxygen atoms in total. The van der Waals surface area contributed by atoms with Crippen LogP contribution in [0.15, 0.2) is 48.5 Å². The monoisotopic (exact) mass is 353 g/mol. The molecule has 0 spiro atoms. The van der Waals surface area contributed by atoms with Crippen molar-refractivity contribution in [1.29, 1.82) is 5.26 Å². The smallest absolute Gasteiger partial charge is 0.225 e. The van der Waals surface area contributed by atoms with Gasteiger partial charge < -0.3 is 5.32 Å². The largest absolute Gasteiger partial charge is 0.326 e. The molecule has 1 N–H and O–H groups in total. The molecule has 2 aromatic carbocycles. The van der Waals surface area contributed by atoms with Crippen molar-refractivity contribution in [3.63, 3.8) is 0 Å². The molecule has 2 aromatic rings. The third kappa shape index (κ3) is 4.39. The number of benzene rings is 2. The number of rotatable bonds is 5. The van der Waals surface area contributed by atoms with Crippen molar-refractivity contribution in [1.82, 2.24) is 4.90 Å². The number of hydrogen-bond acceptors (Lipinski definition) is 3. The Morgan fingerprint density at radius 1 is 1.28 bits per heavy atom. The van der Waals surface area contributed by atoms with Gasteiger partial charge in [-0.2, -0.15) is 5.26 Å². The summed E-state index contributed by atoms with van der Waals surface area (Å²) in [7, 11) is 0. The molecule has 25 heavy (non-hydrogen) atoms. The molecule has 0 aliphatic carbocycles. The van der Waals surface area contributed by atoms with Crippen molar-refractivity contribution in [2.24, 2.45) is 0 Å². The first-order valence-electron chi connectivity index (χ1n) is 8.46. The maximum atomic E-state index is 12.2. The Hall–Kier alpha value is -2.35. The number of carbonyl (C=O) groups excluding carboxylic acids is 1. The number of anilines is 1. The average Bonchev–Trinajstić information content (AvgIpc) is 3.09. The molecule has 128 valence electrons. The van der Waals surface area contributed by atoms with E-state index in [9.17, 15) is 4.79 Å². The van der Waals surface area contributed by atoms with Crippen molar-refractivity contribution in [2.45, 2.75) is 25.3 Å². The molecule has 1 saturated heterocycles. The fourth-order valence-corrected chi connectivity index (χ4v) is 3.52. The molecular formula is C20H20ClN3O. The zero-order valence-corrected chi connectivity index (χ0v) is 14.7. The molecule has 0 radical (unpaired) electrons. The van der Waals surface area contributed by atoms with Crippen LogP contribution in [0.5, 0.6) is 0 Å². The molecule has 1 heterocycles. The van der Waals surface area contributed by atoms with Gasteiger partial charge >= 0.3 is 0 Å². The van der Waals surface area contributed by atoms with Crippen molar-refractivity contribution >= 4 is 23.2 Å². The van der Waals surface area contributed by atoms with Crippen molar-refractivity contribution in [3.8, 4) is 6.07 Å². The van der Waals surface area contributed by atoms with Gasteiger partial charge in [0.2, 0.25) is 5.91 Å². The second-order valence-corrected chi connectivity index (χ2v) is 6.62. The molecule has 0 saturated carbocycles. The van der Waals surface area contributed by atoms with E-state index in [1.165, 1.54) is 5.56 Å². The van der Waals surface area contributed by atoms with E-state index >= 15 is 0 Å². The predicted molar refractivity (Wildman–Crippen MR) is 99.4 cm³/mol. The molecule has 5 heteroatoms. The van der Waals surface area contributed by atoms with Gasteiger partial charge in [-0.3, -0.25) is 9.69 Å². The van der Waals surface area contributed by atoms with Gasteiger partial charge in [0.25, 0.3) is 0 Å². The van der Waals surface area contributed by atoms with Gasteiger partial charge in [-0.15, -0.1) is 0 Å². The lowest BCUT2D eigenvalue weighted by molar-refractivity contribution is -0.116. The summed E-state index contributed by atoms with van der Waals surface area (Å²) in [4.78, 5) is 14.6. The van der Waals surface area contributed by atoms with E-state index < -0.39 is 0 Å². The first-order chi connectivity index (χ1) is 12.2. The zero-order chi connectivity index (χ0) is 17.6. The summed E-state index contributed by atoms with van der Waals surface area (Å²) in [5, 5.41) is 12.1. The predicted octanol–water partition coefficient (Wildman–Crippen LogP) is 4.38. The van der Waals surface area contributed by atoms with Gasteiger partial charge in [-0.25, -0.2) is 0 Å². The molecule has 1 amide bonds. The minimum absolute atomic E-state index is 0.0421. The fraction of sp³-hybridized carbons (Fsp3) is 0.300. The average molecular weight is 354 g/mol. The fourth-order valence-electron chi connectivity index (χ4n) is 3.30. The first-order valence-corrected chi connectivity index (χ1v) is 8.83. The standard InChI is InChI=1S/C20H20ClN3O/c21-18-13-17(9-8-16(18)14-22)23-20(25)10-12-24-11-4-7-19(24)15-5-2-1-3-6-15/h1-3,5-6,8-9,13,19H,4,7,10-12H2,(H,23,25). The summed E-state index contributed by atoms with van der Waals surface area (Å²) in [6.07, 6.45) is 2.73. The molecule has 1 aliphatic heterocycles. The molecule has 1 fully saturated rings. The van der Waals surface area contributed by atoms with Crippen molar-refractivity contribution in [2.75, 3.05) is 18.4 Å². The SMILES string of the molecule is N#Cc1ccc(NC(=O)CCN2CCCC2c2ccccc2)cc1Cl. The number of likely N-dealkylation sites (tertiary alicyclic amines) is 1. The summed E-state index contributed by atoms with van der Waals surface area (Å²) >= 11 is 6.00. The van der Waals surface area contributed by atoms with Gasteiger partial charge in [0.05, 0.1) is 10.6 Å². The third-order valence-electron chi connectivity index (χ3n) is 4.55. The summed E-state index contributed by atoms with van der Waals surface area (Å²) < 4.78 is 0. The van der Waals surface area contributed by atoms with Crippen LogP contribution in [0.4, 0.5) is 5.69 Å². The van der Waals surface area contributed by atoms with Crippen LogP contribution in [0.2, 0.25) is 5.02 Å². The van der Waals surface area contributed by atoms with Gasteiger partial charge in [-0.05, 0) is 43.1 Å². The second kappa shape index (κ2) is 8.15. The molecular weight excluding hydrogens is 334 g/mol. The number of nitrogens with zero attached hydrogens (tertiary/aromatic N) is 2. The minimum atomic E-state index is -0.0421. The van der Waals surface area contributed by atoms with Gasteiger partial charge in [-0.1, -0.05) is 41.9 Å². The highest BCUT2D eigenvalue weighted by Gasteiger charge is 2.25.